The van der Waals surface area contributed by atoms with E-state index in [1.165, 1.54) is 56.0 Å². The Morgan fingerprint density at radius 1 is 0.795 bits per heavy atom. The number of alkyl halides is 6. The number of aromatic nitrogens is 1. The van der Waals surface area contributed by atoms with Crippen LogP contribution in [0.4, 0.5) is 26.3 Å². The number of pyridine rings is 1. The van der Waals surface area contributed by atoms with Crippen molar-refractivity contribution in [3.05, 3.63) is 53.2 Å². The number of fused-ring (bicyclic) bond motifs is 10. The van der Waals surface area contributed by atoms with Crippen LogP contribution in [0.25, 0.3) is 11.3 Å². The maximum absolute atomic E-state index is 13.8. The molecule has 3 N–H and O–H groups in total. The summed E-state index contributed by atoms with van der Waals surface area (Å²) in [7, 11) is 0. The van der Waals surface area contributed by atoms with Crippen LogP contribution >= 0.6 is 0 Å². The van der Waals surface area contributed by atoms with Crippen molar-refractivity contribution in [2.24, 2.45) is 0 Å². The van der Waals surface area contributed by atoms with Crippen LogP contribution in [0, 0.1) is 0 Å². The SMILES string of the molecule is O[C@H](CNCCNC[C]12[CH]3[CH]4[CH]5[CH]1[Fe]45321678[CH]2[CH]1[CH]6[CH]7[CH]28)c1ccc(-c2ccc(C(F)(F)F)cc2)nc1C(F)(F)F. The fraction of sp³-hybridized carbons (Fsp3) is 0.607. The van der Waals surface area contributed by atoms with Gasteiger partial charge in [-0.3, -0.25) is 0 Å². The molecule has 2 aromatic rings. The first kappa shape index (κ1) is 21.1. The molecule has 0 saturated carbocycles. The van der Waals surface area contributed by atoms with Gasteiger partial charge in [0.2, 0.25) is 0 Å². The molecule has 0 bridgehead atoms. The number of benzene rings is 1. The number of rotatable bonds is 9. The molecule has 11 heteroatoms. The first-order valence-electron chi connectivity index (χ1n) is 13.8. The van der Waals surface area contributed by atoms with E-state index in [1.54, 1.807) is 0 Å². The number of nitrogens with zero attached hydrogens (tertiary/aromatic N) is 1. The molecule has 0 amide bonds. The Hall–Kier alpha value is -1.65. The van der Waals surface area contributed by atoms with Gasteiger partial charge >= 0.3 is 162 Å². The monoisotopic (exact) mass is 591 g/mol. The predicted molar refractivity (Wildman–Crippen MR) is 127 cm³/mol. The molecule has 1 spiro atoms. The second kappa shape index (κ2) is 3.19. The van der Waals surface area contributed by atoms with Gasteiger partial charge in [0.15, 0.2) is 0 Å². The molecule has 11 heterocycles. The summed E-state index contributed by atoms with van der Waals surface area (Å²) >= 11 is 0. The van der Waals surface area contributed by atoms with Gasteiger partial charge in [-0.15, -0.1) is 0 Å². The van der Waals surface area contributed by atoms with Gasteiger partial charge < -0.3 is 0 Å². The molecule has 5 atom stereocenters. The summed E-state index contributed by atoms with van der Waals surface area (Å²) in [6.45, 7) is -0.649. The summed E-state index contributed by atoms with van der Waals surface area (Å²) in [5, 5.41) is 17.4. The molecule has 1 aromatic heterocycles. The van der Waals surface area contributed by atoms with Gasteiger partial charge in [-0.05, 0) is 12.1 Å². The zero-order valence-corrected chi connectivity index (χ0v) is 21.7. The molecule has 10 fully saturated rings. The van der Waals surface area contributed by atoms with Crippen LogP contribution < -0.4 is 10.6 Å². The van der Waals surface area contributed by atoms with E-state index in [2.05, 4.69) is 15.6 Å². The Bertz CT molecular complexity index is 1840. The van der Waals surface area contributed by atoms with Gasteiger partial charge in [-0.2, -0.15) is 13.2 Å². The maximum atomic E-state index is 13.8. The van der Waals surface area contributed by atoms with Crippen LogP contribution in [0.2, 0.25) is 47.7 Å². The van der Waals surface area contributed by atoms with Crippen LogP contribution in [0.5, 0.6) is 0 Å². The zero-order chi connectivity index (χ0) is 26.7. The summed E-state index contributed by atoms with van der Waals surface area (Å²) in [5.74, 6) is 0. The average Bonchev–Trinajstić information content (AvgIpc) is 3.83. The second-order valence-electron chi connectivity index (χ2n) is 15.9. The van der Waals surface area contributed by atoms with Gasteiger partial charge in [0.1, 0.15) is 0 Å². The van der Waals surface area contributed by atoms with E-state index in [1.807, 2.05) is 0 Å². The molecular formula is C28H27F6FeN3O. The molecule has 10 saturated heterocycles. The number of aliphatic hydroxyl groups excluding tert-OH is 1. The first-order valence-corrected chi connectivity index (χ1v) is 20.1. The van der Waals surface area contributed by atoms with Gasteiger partial charge in [0.05, 0.1) is 5.56 Å². The van der Waals surface area contributed by atoms with Crippen molar-refractivity contribution in [2.45, 2.75) is 66.1 Å². The van der Waals surface area contributed by atoms with Crippen molar-refractivity contribution in [1.82, 2.24) is 15.6 Å². The Morgan fingerprint density at radius 2 is 1.38 bits per heavy atom. The summed E-state index contributed by atoms with van der Waals surface area (Å²) in [6, 6.07) is 6.27. The third-order valence-electron chi connectivity index (χ3n) is 19.3. The molecule has 4 unspecified atom stereocenters. The Balaban J connectivity index is 0.717. The van der Waals surface area contributed by atoms with Crippen LogP contribution in [-0.2, 0) is 18.9 Å². The van der Waals surface area contributed by atoms with Crippen LogP contribution in [0.15, 0.2) is 36.4 Å². The van der Waals surface area contributed by atoms with Crippen molar-refractivity contribution < 1.29 is 38.0 Å². The van der Waals surface area contributed by atoms with E-state index in [-0.39, 0.29) is 23.4 Å². The Morgan fingerprint density at radius 3 is 1.87 bits per heavy atom. The minimum absolute atomic E-state index is 0.0477. The molecular weight excluding hydrogens is 564 g/mol. The number of hydrogen-bond donors (Lipinski definition) is 3. The van der Waals surface area contributed by atoms with E-state index < -0.39 is 36.2 Å². The minimum atomic E-state index is -4.82. The number of hydrogen-bond acceptors (Lipinski definition) is 4. The summed E-state index contributed by atoms with van der Waals surface area (Å²) < 4.78 is 80.8. The van der Waals surface area contributed by atoms with Gasteiger partial charge in [-0.1, -0.05) is 12.1 Å². The molecule has 12 rings (SSSR count). The summed E-state index contributed by atoms with van der Waals surface area (Å²) in [6.07, 6.45) is -10.8. The molecule has 210 valence electrons. The van der Waals surface area contributed by atoms with Crippen molar-refractivity contribution in [3.63, 3.8) is 0 Å². The van der Waals surface area contributed by atoms with E-state index >= 15 is 0 Å². The molecule has 10 aliphatic heterocycles. The van der Waals surface area contributed by atoms with Crippen LogP contribution in [0.3, 0.4) is 0 Å². The van der Waals surface area contributed by atoms with Crippen LogP contribution in [-0.4, -0.2) is 36.3 Å². The molecule has 39 heavy (non-hydrogen) atoms. The third-order valence-corrected chi connectivity index (χ3v) is 62.2. The van der Waals surface area contributed by atoms with E-state index in [4.69, 9.17) is 0 Å². The topological polar surface area (TPSA) is 57.2 Å². The van der Waals surface area contributed by atoms with Gasteiger partial charge in [0.25, 0.3) is 0 Å². The van der Waals surface area contributed by atoms with Crippen molar-refractivity contribution in [1.29, 1.82) is 0 Å². The molecule has 0 radical (unpaired) electrons. The number of halogens is 6. The molecule has 10 aliphatic rings. The standard InChI is InChI=1S/C23H22F6N3O.C5H5.Fe/c24-22(25,26)17-7-5-16(6-8-17)19-10-9-18(21(32-19)23(27,28)29)20(33)14-31-12-11-30-13-15-3-1-2-4-15;1-2-4-5-3-1;/h1-10,20,30-31,33H,11-14H2;1-5H;/t20-;;/m1../s1. The number of nitrogens with one attached hydrogen (secondary N) is 2. The van der Waals surface area contributed by atoms with Crippen molar-refractivity contribution in [2.75, 3.05) is 26.2 Å². The predicted octanol–water partition coefficient (Wildman–Crippen LogP) is 6.76. The summed E-state index contributed by atoms with van der Waals surface area (Å²) in [4.78, 5) is 15.2. The van der Waals surface area contributed by atoms with E-state index in [0.717, 1.165) is 41.2 Å². The Labute approximate surface area is 210 Å². The summed E-state index contributed by atoms with van der Waals surface area (Å²) in [5.41, 5.74) is -2.45. The Kier molecular flexibility index (Phi) is 1.73. The molecule has 0 aliphatic carbocycles. The van der Waals surface area contributed by atoms with E-state index in [0.29, 0.717) is 6.54 Å². The quantitative estimate of drug-likeness (QED) is 0.172. The van der Waals surface area contributed by atoms with Gasteiger partial charge in [0, 0.05) is 5.56 Å². The van der Waals surface area contributed by atoms with Crippen molar-refractivity contribution >= 4 is 0 Å². The van der Waals surface area contributed by atoms with Crippen LogP contribution in [0.1, 0.15) is 22.9 Å². The number of aliphatic hydroxyl groups is 1. The third kappa shape index (κ3) is 0.614. The van der Waals surface area contributed by atoms with Crippen molar-refractivity contribution in [3.8, 4) is 11.3 Å². The molecule has 1 aromatic carbocycles. The molecule has 4 nitrogen and oxygen atoms in total. The van der Waals surface area contributed by atoms with Gasteiger partial charge in [-0.25, -0.2) is 0 Å². The average molecular weight is 591 g/mol. The van der Waals surface area contributed by atoms with E-state index in [9.17, 15) is 31.4 Å². The fourth-order valence-corrected chi connectivity index (χ4v) is 94.7. The fourth-order valence-electron chi connectivity index (χ4n) is 19.9. The first-order chi connectivity index (χ1) is 18.2. The second-order valence-corrected chi connectivity index (χ2v) is 39.6. The normalized spacial score (nSPS) is 60.3. The zero-order valence-electron chi connectivity index (χ0n) is 20.6.